The first-order valence-electron chi connectivity index (χ1n) is 10.2. The lowest BCUT2D eigenvalue weighted by Crippen LogP contribution is -2.46. The van der Waals surface area contributed by atoms with Crippen LogP contribution in [0.25, 0.3) is 0 Å². The maximum absolute atomic E-state index is 13.3. The first-order valence-corrected chi connectivity index (χ1v) is 10.2. The lowest BCUT2D eigenvalue weighted by atomic mass is 10.1. The lowest BCUT2D eigenvalue weighted by molar-refractivity contribution is -0.140. The van der Waals surface area contributed by atoms with E-state index < -0.39 is 29.7 Å². The minimum Gasteiger partial charge on any atom is -0.480 e. The van der Waals surface area contributed by atoms with Gasteiger partial charge in [0.05, 0.1) is 12.0 Å². The van der Waals surface area contributed by atoms with Crippen molar-refractivity contribution in [3.8, 4) is 11.5 Å². The van der Waals surface area contributed by atoms with Gasteiger partial charge in [-0.3, -0.25) is 9.69 Å². The number of aliphatic carboxylic acids is 1. The predicted octanol–water partition coefficient (Wildman–Crippen LogP) is 5.94. The summed E-state index contributed by atoms with van der Waals surface area (Å²) in [5.74, 6) is -1.03. The van der Waals surface area contributed by atoms with Gasteiger partial charge in [0.25, 0.3) is 0 Å². The fraction of sp³-hybridized carbons (Fsp3) is 0.200. The Morgan fingerprint density at radius 3 is 2.27 bits per heavy atom. The highest BCUT2D eigenvalue weighted by Gasteiger charge is 2.34. The summed E-state index contributed by atoms with van der Waals surface area (Å²) >= 11 is 0. The van der Waals surface area contributed by atoms with Gasteiger partial charge < -0.3 is 9.84 Å². The second-order valence-corrected chi connectivity index (χ2v) is 7.27. The average Bonchev–Trinajstić information content (AvgIpc) is 2.78. The molecule has 172 valence electrons. The van der Waals surface area contributed by atoms with E-state index >= 15 is 0 Å². The van der Waals surface area contributed by atoms with Gasteiger partial charge in [-0.1, -0.05) is 49.4 Å². The van der Waals surface area contributed by atoms with Crippen molar-refractivity contribution in [2.45, 2.75) is 32.0 Å². The topological polar surface area (TPSA) is 66.8 Å². The number of carboxylic acids is 1. The summed E-state index contributed by atoms with van der Waals surface area (Å²) in [5, 5.41) is 9.66. The highest BCUT2D eigenvalue weighted by molar-refractivity contribution is 6.00. The molecule has 5 nitrogen and oxygen atoms in total. The summed E-state index contributed by atoms with van der Waals surface area (Å²) < 4.78 is 45.6. The molecule has 3 aromatic rings. The number of carbonyl (C=O) groups excluding carboxylic acids is 1. The molecule has 0 bridgehead atoms. The number of carboxylic acid groups (broad SMARTS) is 1. The zero-order chi connectivity index (χ0) is 24.0. The van der Waals surface area contributed by atoms with Crippen LogP contribution in [0.1, 0.15) is 24.5 Å². The smallest absolute Gasteiger partial charge is 0.416 e. The number of ether oxygens (including phenoxy) is 1. The van der Waals surface area contributed by atoms with E-state index in [9.17, 15) is 27.9 Å². The van der Waals surface area contributed by atoms with Crippen molar-refractivity contribution in [1.82, 2.24) is 0 Å². The molecule has 1 amide bonds. The maximum Gasteiger partial charge on any atom is 0.416 e. The van der Waals surface area contributed by atoms with Crippen LogP contribution >= 0.6 is 0 Å². The van der Waals surface area contributed by atoms with E-state index in [-0.39, 0.29) is 18.5 Å². The fourth-order valence-electron chi connectivity index (χ4n) is 3.41. The van der Waals surface area contributed by atoms with Crippen LogP contribution in [0.2, 0.25) is 0 Å². The van der Waals surface area contributed by atoms with Crippen LogP contribution in [-0.4, -0.2) is 23.0 Å². The molecule has 8 heteroatoms. The monoisotopic (exact) mass is 457 g/mol. The first-order chi connectivity index (χ1) is 15.7. The summed E-state index contributed by atoms with van der Waals surface area (Å²) in [6.07, 6.45) is -4.88. The second-order valence-electron chi connectivity index (χ2n) is 7.27. The molecule has 0 spiro atoms. The molecule has 0 radical (unpaired) electrons. The standard InChI is InChI=1S/C25H22F3NO4/c1-2-21(24(31)32)29(19-11-8-10-18(16-19)25(26,27)28)23(30)15-17-9-6-7-14-22(17)33-20-12-4-3-5-13-20/h3-14,16,21H,2,15H2,1H3,(H,31,32). The quantitative estimate of drug-likeness (QED) is 0.455. The summed E-state index contributed by atoms with van der Waals surface area (Å²) in [4.78, 5) is 26.1. The zero-order valence-electron chi connectivity index (χ0n) is 17.8. The second kappa shape index (κ2) is 10.2. The first kappa shape index (κ1) is 23.8. The van der Waals surface area contributed by atoms with Crippen LogP contribution in [0.4, 0.5) is 18.9 Å². The van der Waals surface area contributed by atoms with Gasteiger partial charge in [-0.25, -0.2) is 4.79 Å². The minimum absolute atomic E-state index is 0.0134. The van der Waals surface area contributed by atoms with Crippen LogP contribution in [0.5, 0.6) is 11.5 Å². The normalized spacial score (nSPS) is 12.1. The van der Waals surface area contributed by atoms with Crippen molar-refractivity contribution in [3.05, 3.63) is 90.0 Å². The third-order valence-corrected chi connectivity index (χ3v) is 4.99. The van der Waals surface area contributed by atoms with Crippen molar-refractivity contribution < 1.29 is 32.6 Å². The van der Waals surface area contributed by atoms with E-state index in [4.69, 9.17) is 4.74 Å². The van der Waals surface area contributed by atoms with E-state index in [0.717, 1.165) is 23.1 Å². The van der Waals surface area contributed by atoms with Gasteiger partial charge in [-0.2, -0.15) is 13.2 Å². The molecule has 3 aromatic carbocycles. The molecule has 1 N–H and O–H groups in total. The van der Waals surface area contributed by atoms with E-state index in [1.165, 1.54) is 6.07 Å². The Hall–Kier alpha value is -3.81. The summed E-state index contributed by atoms with van der Waals surface area (Å²) in [6.45, 7) is 1.55. The molecule has 0 fully saturated rings. The van der Waals surface area contributed by atoms with E-state index in [1.54, 1.807) is 55.5 Å². The Labute approximate surface area is 189 Å². The number of rotatable bonds is 8. The SMILES string of the molecule is CCC(C(=O)O)N(C(=O)Cc1ccccc1Oc1ccccc1)c1cccc(C(F)(F)F)c1. The van der Waals surface area contributed by atoms with Crippen LogP contribution < -0.4 is 9.64 Å². The van der Waals surface area contributed by atoms with Crippen molar-refractivity contribution >= 4 is 17.6 Å². The highest BCUT2D eigenvalue weighted by Crippen LogP contribution is 2.33. The number of hydrogen-bond acceptors (Lipinski definition) is 3. The molecular formula is C25H22F3NO4. The number of anilines is 1. The molecule has 0 saturated carbocycles. The van der Waals surface area contributed by atoms with Gasteiger partial charge in [-0.15, -0.1) is 0 Å². The van der Waals surface area contributed by atoms with Gasteiger partial charge in [0, 0.05) is 11.3 Å². The molecule has 1 unspecified atom stereocenters. The number of halogens is 3. The molecule has 33 heavy (non-hydrogen) atoms. The third kappa shape index (κ3) is 5.91. The molecule has 0 heterocycles. The highest BCUT2D eigenvalue weighted by atomic mass is 19.4. The Morgan fingerprint density at radius 2 is 1.64 bits per heavy atom. The van der Waals surface area contributed by atoms with Crippen molar-refractivity contribution in [2.75, 3.05) is 4.90 Å². The molecule has 1 atom stereocenters. The van der Waals surface area contributed by atoms with Gasteiger partial charge in [0.2, 0.25) is 5.91 Å². The van der Waals surface area contributed by atoms with Crippen molar-refractivity contribution in [2.24, 2.45) is 0 Å². The Bertz CT molecular complexity index is 1120. The zero-order valence-corrected chi connectivity index (χ0v) is 17.8. The fourth-order valence-corrected chi connectivity index (χ4v) is 3.41. The summed E-state index contributed by atoms with van der Waals surface area (Å²) in [7, 11) is 0. The molecule has 0 saturated heterocycles. The van der Waals surface area contributed by atoms with E-state index in [0.29, 0.717) is 17.1 Å². The number of amides is 1. The maximum atomic E-state index is 13.3. The molecule has 0 aliphatic heterocycles. The van der Waals surface area contributed by atoms with E-state index in [1.807, 2.05) is 6.07 Å². The van der Waals surface area contributed by atoms with Gasteiger partial charge >= 0.3 is 12.1 Å². The number of nitrogens with zero attached hydrogens (tertiary/aromatic N) is 1. The van der Waals surface area contributed by atoms with Crippen LogP contribution in [0.15, 0.2) is 78.9 Å². The Kier molecular flexibility index (Phi) is 7.37. The third-order valence-electron chi connectivity index (χ3n) is 4.99. The van der Waals surface area contributed by atoms with Crippen LogP contribution in [0, 0.1) is 0 Å². The minimum atomic E-state index is -4.63. The Balaban J connectivity index is 1.97. The number of para-hydroxylation sites is 2. The lowest BCUT2D eigenvalue weighted by Gasteiger charge is -2.29. The Morgan fingerprint density at radius 1 is 0.970 bits per heavy atom. The van der Waals surface area contributed by atoms with E-state index in [2.05, 4.69) is 0 Å². The largest absolute Gasteiger partial charge is 0.480 e. The molecule has 3 rings (SSSR count). The number of benzene rings is 3. The van der Waals surface area contributed by atoms with Gasteiger partial charge in [-0.05, 0) is 42.8 Å². The molecule has 0 aliphatic rings. The van der Waals surface area contributed by atoms with Crippen LogP contribution in [-0.2, 0) is 22.2 Å². The van der Waals surface area contributed by atoms with Gasteiger partial charge in [0.1, 0.15) is 17.5 Å². The molecular weight excluding hydrogens is 435 g/mol. The average molecular weight is 457 g/mol. The predicted molar refractivity (Wildman–Crippen MR) is 117 cm³/mol. The van der Waals surface area contributed by atoms with Gasteiger partial charge in [0.15, 0.2) is 0 Å². The number of alkyl halides is 3. The van der Waals surface area contributed by atoms with Crippen molar-refractivity contribution in [1.29, 1.82) is 0 Å². The summed E-state index contributed by atoms with van der Waals surface area (Å²) in [6, 6.07) is 18.4. The molecule has 0 aliphatic carbocycles. The van der Waals surface area contributed by atoms with Crippen molar-refractivity contribution in [3.63, 3.8) is 0 Å². The number of hydrogen-bond donors (Lipinski definition) is 1. The van der Waals surface area contributed by atoms with Crippen LogP contribution in [0.3, 0.4) is 0 Å². The number of carbonyl (C=O) groups is 2. The summed E-state index contributed by atoms with van der Waals surface area (Å²) in [5.41, 5.74) is -0.625. The molecule has 0 aromatic heterocycles.